The second-order valence-electron chi connectivity index (χ2n) is 6.26. The Hall–Kier alpha value is -3.42. The quantitative estimate of drug-likeness (QED) is 0.691. The Kier molecular flexibility index (Phi) is 5.30. The molecule has 144 valence electrons. The predicted molar refractivity (Wildman–Crippen MR) is 96.7 cm³/mol. The van der Waals surface area contributed by atoms with Crippen LogP contribution in [0.1, 0.15) is 21.7 Å². The normalized spacial score (nSPS) is 10.8. The van der Waals surface area contributed by atoms with Crippen LogP contribution in [-0.2, 0) is 6.54 Å². The predicted octanol–water partition coefficient (Wildman–Crippen LogP) is 3.23. The molecule has 0 saturated carbocycles. The highest BCUT2D eigenvalue weighted by molar-refractivity contribution is 5.91. The van der Waals surface area contributed by atoms with Crippen molar-refractivity contribution < 1.29 is 18.0 Å². The summed E-state index contributed by atoms with van der Waals surface area (Å²) in [5.74, 6) is -2.87. The number of carbonyl (C=O) groups is 1. The molecule has 0 saturated heterocycles. The highest BCUT2D eigenvalue weighted by Crippen LogP contribution is 2.15. The molecule has 0 fully saturated rings. The SMILES string of the molecule is Cc1cc(=O)c(C(=O)N(C)Cc2ccc(F)cc2F)nn1-c1ccccc1F. The Morgan fingerprint density at radius 3 is 2.46 bits per heavy atom. The number of rotatable bonds is 4. The van der Waals surface area contributed by atoms with E-state index in [1.165, 1.54) is 37.4 Å². The van der Waals surface area contributed by atoms with Crippen LogP contribution in [0.2, 0.25) is 0 Å². The lowest BCUT2D eigenvalue weighted by molar-refractivity contribution is 0.0774. The van der Waals surface area contributed by atoms with E-state index in [9.17, 15) is 22.8 Å². The van der Waals surface area contributed by atoms with Gasteiger partial charge in [-0.25, -0.2) is 17.9 Å². The van der Waals surface area contributed by atoms with E-state index in [0.717, 1.165) is 15.6 Å². The summed E-state index contributed by atoms with van der Waals surface area (Å²) in [6.45, 7) is 1.37. The minimum atomic E-state index is -0.805. The van der Waals surface area contributed by atoms with Crippen molar-refractivity contribution in [2.24, 2.45) is 0 Å². The average molecular weight is 387 g/mol. The van der Waals surface area contributed by atoms with Gasteiger partial charge in [-0.2, -0.15) is 5.10 Å². The zero-order valence-corrected chi connectivity index (χ0v) is 15.1. The molecule has 3 rings (SSSR count). The number of benzene rings is 2. The maximum Gasteiger partial charge on any atom is 0.278 e. The summed E-state index contributed by atoms with van der Waals surface area (Å²) in [5.41, 5.74) is -0.556. The Morgan fingerprint density at radius 1 is 1.07 bits per heavy atom. The molecule has 0 unspecified atom stereocenters. The van der Waals surface area contributed by atoms with Crippen LogP contribution in [-0.4, -0.2) is 27.6 Å². The van der Waals surface area contributed by atoms with Gasteiger partial charge < -0.3 is 4.90 Å². The molecule has 0 bridgehead atoms. The molecule has 8 heteroatoms. The molecule has 0 radical (unpaired) electrons. The lowest BCUT2D eigenvalue weighted by Crippen LogP contribution is -2.33. The van der Waals surface area contributed by atoms with Crippen molar-refractivity contribution >= 4 is 5.91 Å². The van der Waals surface area contributed by atoms with Crippen molar-refractivity contribution in [3.63, 3.8) is 0 Å². The number of carbonyl (C=O) groups excluding carboxylic acids is 1. The molecule has 0 N–H and O–H groups in total. The fourth-order valence-corrected chi connectivity index (χ4v) is 2.72. The molecule has 1 heterocycles. The van der Waals surface area contributed by atoms with E-state index >= 15 is 0 Å². The van der Waals surface area contributed by atoms with E-state index in [4.69, 9.17) is 0 Å². The number of hydrogen-bond acceptors (Lipinski definition) is 3. The number of para-hydroxylation sites is 1. The van der Waals surface area contributed by atoms with Gasteiger partial charge in [-0.15, -0.1) is 0 Å². The van der Waals surface area contributed by atoms with E-state index in [1.807, 2.05) is 0 Å². The van der Waals surface area contributed by atoms with Crippen LogP contribution in [0.25, 0.3) is 5.69 Å². The monoisotopic (exact) mass is 387 g/mol. The molecule has 2 aromatic carbocycles. The molecule has 3 aromatic rings. The number of nitrogens with zero attached hydrogens (tertiary/aromatic N) is 3. The summed E-state index contributed by atoms with van der Waals surface area (Å²) in [4.78, 5) is 26.0. The molecule has 1 aromatic heterocycles. The largest absolute Gasteiger partial charge is 0.336 e. The van der Waals surface area contributed by atoms with E-state index in [2.05, 4.69) is 5.10 Å². The summed E-state index contributed by atoms with van der Waals surface area (Å²) >= 11 is 0. The fourth-order valence-electron chi connectivity index (χ4n) is 2.72. The van der Waals surface area contributed by atoms with Crippen molar-refractivity contribution in [2.45, 2.75) is 13.5 Å². The fraction of sp³-hybridized carbons (Fsp3) is 0.150. The van der Waals surface area contributed by atoms with Gasteiger partial charge in [0.1, 0.15) is 23.1 Å². The van der Waals surface area contributed by atoms with Crippen LogP contribution >= 0.6 is 0 Å². The Bertz CT molecular complexity index is 1110. The summed E-state index contributed by atoms with van der Waals surface area (Å²) in [5, 5.41) is 4.02. The molecule has 0 atom stereocenters. The Balaban J connectivity index is 1.96. The smallest absolute Gasteiger partial charge is 0.278 e. The summed E-state index contributed by atoms with van der Waals surface area (Å²) in [6, 6.07) is 9.99. The van der Waals surface area contributed by atoms with Crippen molar-refractivity contribution in [3.05, 3.63) is 93.2 Å². The molecule has 0 aliphatic rings. The molecule has 1 amide bonds. The van der Waals surface area contributed by atoms with Crippen molar-refractivity contribution in [3.8, 4) is 5.69 Å². The third-order valence-corrected chi connectivity index (χ3v) is 4.16. The minimum absolute atomic E-state index is 0.0822. The highest BCUT2D eigenvalue weighted by atomic mass is 19.1. The lowest BCUT2D eigenvalue weighted by atomic mass is 10.2. The van der Waals surface area contributed by atoms with Gasteiger partial charge >= 0.3 is 0 Å². The molecular formula is C20H16F3N3O2. The number of halogens is 3. The van der Waals surface area contributed by atoms with Gasteiger partial charge in [-0.3, -0.25) is 9.59 Å². The van der Waals surface area contributed by atoms with Crippen LogP contribution < -0.4 is 5.43 Å². The maximum absolute atomic E-state index is 14.1. The second-order valence-corrected chi connectivity index (χ2v) is 6.26. The van der Waals surface area contributed by atoms with Gasteiger partial charge in [-0.05, 0) is 25.1 Å². The molecule has 0 aliphatic carbocycles. The van der Waals surface area contributed by atoms with Crippen molar-refractivity contribution in [1.82, 2.24) is 14.7 Å². The third kappa shape index (κ3) is 3.80. The molecular weight excluding hydrogens is 371 g/mol. The van der Waals surface area contributed by atoms with Gasteiger partial charge in [0.15, 0.2) is 5.69 Å². The van der Waals surface area contributed by atoms with Crippen LogP contribution in [0.15, 0.2) is 53.3 Å². The van der Waals surface area contributed by atoms with E-state index < -0.39 is 34.5 Å². The van der Waals surface area contributed by atoms with Crippen LogP contribution in [0.5, 0.6) is 0 Å². The first kappa shape index (κ1) is 19.3. The van der Waals surface area contributed by atoms with Crippen molar-refractivity contribution in [1.29, 1.82) is 0 Å². The van der Waals surface area contributed by atoms with Crippen LogP contribution in [0.3, 0.4) is 0 Å². The van der Waals surface area contributed by atoms with Gasteiger partial charge in [0, 0.05) is 37.0 Å². The van der Waals surface area contributed by atoms with Gasteiger partial charge in [0.2, 0.25) is 5.43 Å². The first-order chi connectivity index (χ1) is 13.3. The highest BCUT2D eigenvalue weighted by Gasteiger charge is 2.21. The van der Waals surface area contributed by atoms with Crippen LogP contribution in [0, 0.1) is 24.4 Å². The number of amides is 1. The average Bonchev–Trinajstić information content (AvgIpc) is 2.64. The number of aromatic nitrogens is 2. The summed E-state index contributed by atoms with van der Waals surface area (Å²) in [7, 11) is 1.36. The first-order valence-corrected chi connectivity index (χ1v) is 8.33. The molecule has 0 aliphatic heterocycles. The van der Waals surface area contributed by atoms with Gasteiger partial charge in [0.25, 0.3) is 5.91 Å². The van der Waals surface area contributed by atoms with E-state index in [1.54, 1.807) is 13.0 Å². The first-order valence-electron chi connectivity index (χ1n) is 8.33. The van der Waals surface area contributed by atoms with E-state index in [-0.39, 0.29) is 17.8 Å². The lowest BCUT2D eigenvalue weighted by Gasteiger charge is -2.18. The number of aryl methyl sites for hydroxylation is 1. The molecule has 5 nitrogen and oxygen atoms in total. The Labute approximate surface area is 158 Å². The summed E-state index contributed by atoms with van der Waals surface area (Å²) in [6.07, 6.45) is 0. The third-order valence-electron chi connectivity index (χ3n) is 4.16. The van der Waals surface area contributed by atoms with E-state index in [0.29, 0.717) is 11.8 Å². The minimum Gasteiger partial charge on any atom is -0.336 e. The zero-order valence-electron chi connectivity index (χ0n) is 15.1. The number of hydrogen-bond donors (Lipinski definition) is 0. The molecule has 28 heavy (non-hydrogen) atoms. The second kappa shape index (κ2) is 7.67. The Morgan fingerprint density at radius 2 is 1.79 bits per heavy atom. The van der Waals surface area contributed by atoms with Gasteiger partial charge in [-0.1, -0.05) is 18.2 Å². The standard InChI is InChI=1S/C20H16F3N3O2/c1-12-9-18(27)19(24-26(12)17-6-4-3-5-15(17)22)20(28)25(2)11-13-7-8-14(21)10-16(13)23/h3-10H,11H2,1-2H3. The summed E-state index contributed by atoms with van der Waals surface area (Å²) < 4.78 is 42.1. The maximum atomic E-state index is 14.1. The topological polar surface area (TPSA) is 55.2 Å². The van der Waals surface area contributed by atoms with Gasteiger partial charge in [0.05, 0.1) is 0 Å². The molecule has 0 spiro atoms. The zero-order chi connectivity index (χ0) is 20.4. The van der Waals surface area contributed by atoms with Crippen LogP contribution in [0.4, 0.5) is 13.2 Å². The van der Waals surface area contributed by atoms with Crippen molar-refractivity contribution in [2.75, 3.05) is 7.05 Å².